The summed E-state index contributed by atoms with van der Waals surface area (Å²) in [4.78, 5) is 3.69. The molecule has 2 heterocycles. The molecule has 1 aliphatic rings. The van der Waals surface area contributed by atoms with Crippen LogP contribution in [0.3, 0.4) is 0 Å². The number of hydrogen-bond donors (Lipinski definition) is 1. The van der Waals surface area contributed by atoms with Crippen LogP contribution in [0.25, 0.3) is 10.1 Å². The van der Waals surface area contributed by atoms with Crippen molar-refractivity contribution in [3.8, 4) is 0 Å². The molecule has 2 aromatic rings. The molecule has 0 aliphatic carbocycles. The van der Waals surface area contributed by atoms with Crippen molar-refractivity contribution in [2.75, 3.05) is 13.1 Å². The van der Waals surface area contributed by atoms with Gasteiger partial charge in [-0.25, -0.2) is 0 Å². The van der Waals surface area contributed by atoms with Gasteiger partial charge in [0.15, 0.2) is 0 Å². The first-order chi connectivity index (χ1) is 8.74. The minimum absolute atomic E-state index is 0.326. The lowest BCUT2D eigenvalue weighted by molar-refractivity contribution is 0.203. The molecule has 1 fully saturated rings. The van der Waals surface area contributed by atoms with Crippen molar-refractivity contribution in [2.24, 2.45) is 5.73 Å². The maximum atomic E-state index is 6.47. The number of nitrogens with zero attached hydrogens (tertiary/aromatic N) is 1. The van der Waals surface area contributed by atoms with E-state index in [4.69, 9.17) is 17.3 Å². The highest BCUT2D eigenvalue weighted by atomic mass is 35.5. The third-order valence-corrected chi connectivity index (χ3v) is 5.21. The fourth-order valence-corrected chi connectivity index (χ4v) is 4.14. The number of hydrogen-bond acceptors (Lipinski definition) is 3. The Morgan fingerprint density at radius 3 is 3.00 bits per heavy atom. The fraction of sp³-hybridized carbons (Fsp3) is 0.429. The molecule has 3 rings (SSSR count). The van der Waals surface area contributed by atoms with Crippen LogP contribution >= 0.6 is 22.9 Å². The van der Waals surface area contributed by atoms with Gasteiger partial charge < -0.3 is 5.73 Å². The van der Waals surface area contributed by atoms with Crippen molar-refractivity contribution in [3.63, 3.8) is 0 Å². The van der Waals surface area contributed by atoms with Gasteiger partial charge in [0.05, 0.1) is 5.02 Å². The van der Waals surface area contributed by atoms with Gasteiger partial charge in [0.2, 0.25) is 0 Å². The number of thiophene rings is 1. The van der Waals surface area contributed by atoms with E-state index >= 15 is 0 Å². The summed E-state index contributed by atoms with van der Waals surface area (Å²) in [6.07, 6.45) is 2.35. The van der Waals surface area contributed by atoms with Gasteiger partial charge in [0.25, 0.3) is 0 Å². The highest BCUT2D eigenvalue weighted by molar-refractivity contribution is 7.19. The zero-order valence-electron chi connectivity index (χ0n) is 10.2. The molecule has 2 N–H and O–H groups in total. The number of fused-ring (bicyclic) bond motifs is 1. The normalized spacial score (nSPS) is 21.6. The van der Waals surface area contributed by atoms with E-state index in [0.29, 0.717) is 6.04 Å². The Balaban J connectivity index is 1.84. The van der Waals surface area contributed by atoms with Crippen LogP contribution in [0.2, 0.25) is 5.02 Å². The summed E-state index contributed by atoms with van der Waals surface area (Å²) in [5, 5.41) is 2.11. The standard InChI is InChI=1S/C14H17ClN2S/c15-14-11-5-1-2-6-12(11)18-13(14)9-17-7-3-4-10(16)8-17/h1-2,5-6,10H,3-4,7-9,16H2. The largest absolute Gasteiger partial charge is 0.327 e. The average molecular weight is 281 g/mol. The molecule has 18 heavy (non-hydrogen) atoms. The Bertz CT molecular complexity index is 552. The summed E-state index contributed by atoms with van der Waals surface area (Å²) in [6, 6.07) is 8.67. The van der Waals surface area contributed by atoms with Crippen molar-refractivity contribution >= 4 is 33.0 Å². The number of benzene rings is 1. The molecular formula is C14H17ClN2S. The van der Waals surface area contributed by atoms with Crippen LogP contribution < -0.4 is 5.73 Å². The van der Waals surface area contributed by atoms with Gasteiger partial charge in [-0.15, -0.1) is 11.3 Å². The SMILES string of the molecule is NC1CCCN(Cc2sc3ccccc3c2Cl)C1. The van der Waals surface area contributed by atoms with Crippen LogP contribution in [0.1, 0.15) is 17.7 Å². The second-order valence-corrected chi connectivity index (χ2v) is 6.49. The van der Waals surface area contributed by atoms with Gasteiger partial charge >= 0.3 is 0 Å². The summed E-state index contributed by atoms with van der Waals surface area (Å²) in [6.45, 7) is 3.06. The van der Waals surface area contributed by atoms with Crippen LogP contribution in [-0.2, 0) is 6.54 Å². The van der Waals surface area contributed by atoms with Crippen LogP contribution in [0.4, 0.5) is 0 Å². The second-order valence-electron chi connectivity index (χ2n) is 4.97. The molecule has 1 aromatic carbocycles. The minimum Gasteiger partial charge on any atom is -0.327 e. The van der Waals surface area contributed by atoms with Crippen molar-refractivity contribution in [1.82, 2.24) is 4.90 Å². The summed E-state index contributed by atoms with van der Waals surface area (Å²) < 4.78 is 1.28. The summed E-state index contributed by atoms with van der Waals surface area (Å²) >= 11 is 8.27. The topological polar surface area (TPSA) is 29.3 Å². The van der Waals surface area contributed by atoms with E-state index in [9.17, 15) is 0 Å². The van der Waals surface area contributed by atoms with Crippen LogP contribution in [0, 0.1) is 0 Å². The number of halogens is 1. The summed E-state index contributed by atoms with van der Waals surface area (Å²) in [7, 11) is 0. The number of rotatable bonds is 2. The molecule has 0 saturated carbocycles. The van der Waals surface area contributed by atoms with Crippen molar-refractivity contribution in [2.45, 2.75) is 25.4 Å². The van der Waals surface area contributed by atoms with E-state index in [1.54, 1.807) is 11.3 Å². The highest BCUT2D eigenvalue weighted by Crippen LogP contribution is 2.36. The van der Waals surface area contributed by atoms with Gasteiger partial charge in [-0.1, -0.05) is 29.8 Å². The van der Waals surface area contributed by atoms with E-state index in [1.165, 1.54) is 21.4 Å². The zero-order chi connectivity index (χ0) is 12.5. The van der Waals surface area contributed by atoms with Crippen molar-refractivity contribution in [3.05, 3.63) is 34.2 Å². The van der Waals surface area contributed by atoms with E-state index < -0.39 is 0 Å². The Kier molecular flexibility index (Phi) is 3.57. The van der Waals surface area contributed by atoms with Gasteiger partial charge in [0, 0.05) is 34.1 Å². The fourth-order valence-electron chi connectivity index (χ4n) is 2.60. The first-order valence-corrected chi connectivity index (χ1v) is 7.57. The number of likely N-dealkylation sites (tertiary alicyclic amines) is 1. The average Bonchev–Trinajstić information content (AvgIpc) is 2.67. The predicted octanol–water partition coefficient (Wildman–Crippen LogP) is 3.48. The molecule has 1 saturated heterocycles. The van der Waals surface area contributed by atoms with Gasteiger partial charge in [-0.05, 0) is 25.5 Å². The number of nitrogens with two attached hydrogens (primary N) is 1. The van der Waals surface area contributed by atoms with Gasteiger partial charge in [-0.3, -0.25) is 4.90 Å². The third-order valence-electron chi connectivity index (χ3n) is 3.51. The van der Waals surface area contributed by atoms with E-state index in [2.05, 4.69) is 23.1 Å². The lowest BCUT2D eigenvalue weighted by atomic mass is 10.1. The zero-order valence-corrected chi connectivity index (χ0v) is 11.8. The van der Waals surface area contributed by atoms with E-state index in [1.807, 2.05) is 6.07 Å². The van der Waals surface area contributed by atoms with Crippen molar-refractivity contribution < 1.29 is 0 Å². The molecule has 1 aliphatic heterocycles. The molecular weight excluding hydrogens is 264 g/mol. The Labute approximate surface area is 116 Å². The maximum Gasteiger partial charge on any atom is 0.0637 e. The Morgan fingerprint density at radius 2 is 2.22 bits per heavy atom. The maximum absolute atomic E-state index is 6.47. The molecule has 0 amide bonds. The third kappa shape index (κ3) is 2.41. The lowest BCUT2D eigenvalue weighted by Crippen LogP contribution is -2.42. The first kappa shape index (κ1) is 12.4. The molecule has 1 atom stereocenters. The Hall–Kier alpha value is -0.610. The molecule has 4 heteroatoms. The lowest BCUT2D eigenvalue weighted by Gasteiger charge is -2.30. The monoisotopic (exact) mass is 280 g/mol. The van der Waals surface area contributed by atoms with E-state index in [-0.39, 0.29) is 0 Å². The molecule has 2 nitrogen and oxygen atoms in total. The molecule has 1 aromatic heterocycles. The highest BCUT2D eigenvalue weighted by Gasteiger charge is 2.19. The molecule has 0 radical (unpaired) electrons. The Morgan fingerprint density at radius 1 is 1.39 bits per heavy atom. The van der Waals surface area contributed by atoms with Crippen molar-refractivity contribution in [1.29, 1.82) is 0 Å². The van der Waals surface area contributed by atoms with Crippen LogP contribution in [-0.4, -0.2) is 24.0 Å². The van der Waals surface area contributed by atoms with Crippen LogP contribution in [0.15, 0.2) is 24.3 Å². The molecule has 1 unspecified atom stereocenters. The second kappa shape index (κ2) is 5.17. The summed E-state index contributed by atoms with van der Waals surface area (Å²) in [5.74, 6) is 0. The van der Waals surface area contributed by atoms with Crippen LogP contribution in [0.5, 0.6) is 0 Å². The minimum atomic E-state index is 0.326. The molecule has 0 bridgehead atoms. The summed E-state index contributed by atoms with van der Waals surface area (Å²) in [5.41, 5.74) is 6.02. The smallest absolute Gasteiger partial charge is 0.0637 e. The van der Waals surface area contributed by atoms with Gasteiger partial charge in [-0.2, -0.15) is 0 Å². The van der Waals surface area contributed by atoms with Gasteiger partial charge in [0.1, 0.15) is 0 Å². The number of piperidine rings is 1. The predicted molar refractivity (Wildman–Crippen MR) is 79.3 cm³/mol. The quantitative estimate of drug-likeness (QED) is 0.913. The molecule has 96 valence electrons. The first-order valence-electron chi connectivity index (χ1n) is 6.38. The van der Waals surface area contributed by atoms with E-state index in [0.717, 1.165) is 31.1 Å². The molecule has 0 spiro atoms.